The Hall–Kier alpha value is -2.28. The van der Waals surface area contributed by atoms with Gasteiger partial charge in [0.15, 0.2) is 0 Å². The van der Waals surface area contributed by atoms with Crippen LogP contribution in [0, 0.1) is 11.3 Å². The Morgan fingerprint density at radius 3 is 2.86 bits per heavy atom. The van der Waals surface area contributed by atoms with E-state index in [1.54, 1.807) is 24.3 Å². The SMILES string of the molecule is N#C[C@@H]1CC(F)(F)CN1C(=O)CNC(=O)c1csc(Cc2ccc(Cl)cc2Cl)n1. The quantitative estimate of drug-likeness (QED) is 0.742. The third kappa shape index (κ3) is 5.21. The van der Waals surface area contributed by atoms with E-state index in [0.717, 1.165) is 10.5 Å². The summed E-state index contributed by atoms with van der Waals surface area (Å²) in [4.78, 5) is 29.4. The fourth-order valence-electron chi connectivity index (χ4n) is 2.87. The molecule has 11 heteroatoms. The van der Waals surface area contributed by atoms with E-state index in [2.05, 4.69) is 10.3 Å². The average Bonchev–Trinajstić information content (AvgIpc) is 3.25. The molecule has 1 atom stereocenters. The molecule has 0 radical (unpaired) electrons. The average molecular weight is 459 g/mol. The Kier molecular flexibility index (Phi) is 6.36. The minimum Gasteiger partial charge on any atom is -0.342 e. The number of carbonyl (C=O) groups excluding carboxylic acids is 2. The highest BCUT2D eigenvalue weighted by molar-refractivity contribution is 7.09. The van der Waals surface area contributed by atoms with Gasteiger partial charge < -0.3 is 10.2 Å². The van der Waals surface area contributed by atoms with Crippen molar-refractivity contribution in [1.29, 1.82) is 5.26 Å². The van der Waals surface area contributed by atoms with Crippen molar-refractivity contribution in [3.8, 4) is 6.07 Å². The number of halogens is 4. The minimum absolute atomic E-state index is 0.103. The Morgan fingerprint density at radius 1 is 1.41 bits per heavy atom. The van der Waals surface area contributed by atoms with E-state index in [4.69, 9.17) is 28.5 Å². The second kappa shape index (κ2) is 8.61. The smallest absolute Gasteiger partial charge is 0.271 e. The van der Waals surface area contributed by atoms with Crippen LogP contribution in [0.5, 0.6) is 0 Å². The first kappa shape index (κ1) is 21.4. The highest BCUT2D eigenvalue weighted by Crippen LogP contribution is 2.31. The summed E-state index contributed by atoms with van der Waals surface area (Å²) in [5.74, 6) is -4.46. The number of thiazole rings is 1. The zero-order valence-electron chi connectivity index (χ0n) is 14.8. The number of alkyl halides is 2. The molecule has 2 aromatic rings. The number of nitrogens with one attached hydrogen (secondary N) is 1. The molecule has 29 heavy (non-hydrogen) atoms. The summed E-state index contributed by atoms with van der Waals surface area (Å²) in [6.07, 6.45) is -0.300. The van der Waals surface area contributed by atoms with Gasteiger partial charge in [0, 0.05) is 28.3 Å². The van der Waals surface area contributed by atoms with Gasteiger partial charge in [-0.05, 0) is 17.7 Å². The molecule has 1 aromatic carbocycles. The largest absolute Gasteiger partial charge is 0.342 e. The van der Waals surface area contributed by atoms with Crippen LogP contribution >= 0.6 is 34.5 Å². The molecule has 0 saturated carbocycles. The van der Waals surface area contributed by atoms with E-state index in [1.807, 2.05) is 0 Å². The standard InChI is InChI=1S/C18H14Cl2F2N4O2S/c19-11-2-1-10(13(20)4-11)3-15-25-14(8-29-15)17(28)24-7-16(27)26-9-18(21,22)5-12(26)6-23/h1-2,4,8,12H,3,5,7,9H2,(H,24,28)/t12-/m0/s1. The maximum absolute atomic E-state index is 13.4. The fraction of sp³-hybridized carbons (Fsp3) is 0.333. The molecule has 1 saturated heterocycles. The van der Waals surface area contributed by atoms with E-state index in [-0.39, 0.29) is 5.69 Å². The van der Waals surface area contributed by atoms with Gasteiger partial charge in [-0.25, -0.2) is 13.8 Å². The molecule has 2 heterocycles. The van der Waals surface area contributed by atoms with Crippen LogP contribution in [-0.4, -0.2) is 46.8 Å². The molecule has 1 N–H and O–H groups in total. The van der Waals surface area contributed by atoms with Crippen LogP contribution in [0.1, 0.15) is 27.5 Å². The summed E-state index contributed by atoms with van der Waals surface area (Å²) < 4.78 is 26.9. The van der Waals surface area contributed by atoms with Gasteiger partial charge in [0.2, 0.25) is 5.91 Å². The molecule has 6 nitrogen and oxygen atoms in total. The van der Waals surface area contributed by atoms with E-state index < -0.39 is 43.3 Å². The second-order valence-electron chi connectivity index (χ2n) is 6.45. The lowest BCUT2D eigenvalue weighted by Gasteiger charge is -2.19. The zero-order chi connectivity index (χ0) is 21.2. The van der Waals surface area contributed by atoms with Crippen molar-refractivity contribution in [3.05, 3.63) is 49.9 Å². The molecular formula is C18H14Cl2F2N4O2S. The van der Waals surface area contributed by atoms with Crippen LogP contribution in [0.2, 0.25) is 10.0 Å². The van der Waals surface area contributed by atoms with Crippen LogP contribution in [0.3, 0.4) is 0 Å². The Labute approximate surface area is 179 Å². The Balaban J connectivity index is 1.58. The topological polar surface area (TPSA) is 86.1 Å². The molecule has 0 unspecified atom stereocenters. The molecule has 0 bridgehead atoms. The van der Waals surface area contributed by atoms with Gasteiger partial charge in [-0.2, -0.15) is 5.26 Å². The minimum atomic E-state index is -3.10. The Morgan fingerprint density at radius 2 is 2.17 bits per heavy atom. The first-order chi connectivity index (χ1) is 13.7. The van der Waals surface area contributed by atoms with Crippen molar-refractivity contribution < 1.29 is 18.4 Å². The Bertz CT molecular complexity index is 992. The third-order valence-electron chi connectivity index (χ3n) is 4.28. The van der Waals surface area contributed by atoms with Crippen LogP contribution in [0.25, 0.3) is 0 Å². The highest BCUT2D eigenvalue weighted by Gasteiger charge is 2.47. The molecule has 1 fully saturated rings. The lowest BCUT2D eigenvalue weighted by atomic mass is 10.1. The number of hydrogen-bond acceptors (Lipinski definition) is 5. The first-order valence-corrected chi connectivity index (χ1v) is 10.1. The molecule has 3 rings (SSSR count). The molecule has 152 valence electrons. The molecular weight excluding hydrogens is 445 g/mol. The predicted octanol–water partition coefficient (Wildman–Crippen LogP) is 3.53. The van der Waals surface area contributed by atoms with Crippen molar-refractivity contribution in [3.63, 3.8) is 0 Å². The number of likely N-dealkylation sites (tertiary alicyclic amines) is 1. The molecule has 2 amide bonds. The van der Waals surface area contributed by atoms with Crippen molar-refractivity contribution in [2.75, 3.05) is 13.1 Å². The van der Waals surface area contributed by atoms with Crippen molar-refractivity contribution in [2.24, 2.45) is 0 Å². The van der Waals surface area contributed by atoms with Crippen LogP contribution in [0.15, 0.2) is 23.6 Å². The summed E-state index contributed by atoms with van der Waals surface area (Å²) in [6, 6.07) is 5.56. The van der Waals surface area contributed by atoms with Crippen LogP contribution in [0.4, 0.5) is 8.78 Å². The molecule has 1 aliphatic rings. The van der Waals surface area contributed by atoms with E-state index >= 15 is 0 Å². The van der Waals surface area contributed by atoms with Crippen LogP contribution in [-0.2, 0) is 11.2 Å². The first-order valence-electron chi connectivity index (χ1n) is 8.42. The van der Waals surface area contributed by atoms with Gasteiger partial charge in [0.05, 0.1) is 24.2 Å². The number of amides is 2. The number of hydrogen-bond donors (Lipinski definition) is 1. The zero-order valence-corrected chi connectivity index (χ0v) is 17.1. The second-order valence-corrected chi connectivity index (χ2v) is 8.23. The van der Waals surface area contributed by atoms with Gasteiger partial charge in [0.1, 0.15) is 11.7 Å². The monoisotopic (exact) mass is 458 g/mol. The number of nitrogens with zero attached hydrogens (tertiary/aromatic N) is 3. The van der Waals surface area contributed by atoms with Gasteiger partial charge in [-0.3, -0.25) is 9.59 Å². The number of nitriles is 1. The van der Waals surface area contributed by atoms with Crippen molar-refractivity contribution in [1.82, 2.24) is 15.2 Å². The molecule has 1 aliphatic heterocycles. The molecule has 0 spiro atoms. The maximum Gasteiger partial charge on any atom is 0.271 e. The van der Waals surface area contributed by atoms with Gasteiger partial charge >= 0.3 is 0 Å². The number of benzene rings is 1. The third-order valence-corrected chi connectivity index (χ3v) is 5.72. The summed E-state index contributed by atoms with van der Waals surface area (Å²) in [5, 5.41) is 14.5. The molecule has 1 aromatic heterocycles. The number of aromatic nitrogens is 1. The van der Waals surface area contributed by atoms with E-state index in [9.17, 15) is 18.4 Å². The normalized spacial score (nSPS) is 17.8. The summed E-state index contributed by atoms with van der Waals surface area (Å²) >= 11 is 13.2. The lowest BCUT2D eigenvalue weighted by Crippen LogP contribution is -2.43. The summed E-state index contributed by atoms with van der Waals surface area (Å²) in [5.41, 5.74) is 0.900. The number of carbonyl (C=O) groups is 2. The fourth-order valence-corrected chi connectivity index (χ4v) is 4.14. The predicted molar refractivity (Wildman–Crippen MR) is 104 cm³/mol. The molecule has 0 aliphatic carbocycles. The highest BCUT2D eigenvalue weighted by atomic mass is 35.5. The van der Waals surface area contributed by atoms with Gasteiger partial charge in [0.25, 0.3) is 11.8 Å². The van der Waals surface area contributed by atoms with Gasteiger partial charge in [-0.15, -0.1) is 11.3 Å². The van der Waals surface area contributed by atoms with E-state index in [0.29, 0.717) is 21.5 Å². The lowest BCUT2D eigenvalue weighted by molar-refractivity contribution is -0.131. The number of rotatable bonds is 5. The van der Waals surface area contributed by atoms with Crippen molar-refractivity contribution >= 4 is 46.4 Å². The van der Waals surface area contributed by atoms with Crippen LogP contribution < -0.4 is 5.32 Å². The maximum atomic E-state index is 13.4. The van der Waals surface area contributed by atoms with Gasteiger partial charge in [-0.1, -0.05) is 29.3 Å². The van der Waals surface area contributed by atoms with Crippen molar-refractivity contribution in [2.45, 2.75) is 24.8 Å². The summed E-state index contributed by atoms with van der Waals surface area (Å²) in [6.45, 7) is -1.33. The summed E-state index contributed by atoms with van der Waals surface area (Å²) in [7, 11) is 0. The van der Waals surface area contributed by atoms with E-state index in [1.165, 1.54) is 16.7 Å².